The summed E-state index contributed by atoms with van der Waals surface area (Å²) >= 11 is 0. The summed E-state index contributed by atoms with van der Waals surface area (Å²) in [6.07, 6.45) is 1.14. The largest absolute Gasteiger partial charge is 0.493 e. The number of hydrogen-bond acceptors (Lipinski definition) is 6. The van der Waals surface area contributed by atoms with Crippen molar-refractivity contribution in [3.63, 3.8) is 0 Å². The van der Waals surface area contributed by atoms with E-state index in [0.717, 1.165) is 0 Å². The average molecular weight is 440 g/mol. The minimum atomic E-state index is -0.699. The fourth-order valence-electron chi connectivity index (χ4n) is 4.03. The molecule has 0 unspecified atom stereocenters. The SMILES string of the molecule is COc1ccc(NC(=O)CN2CCC3(CC2)N=C(c2cccc(F)c2)C(=O)N3)cc1OC. The van der Waals surface area contributed by atoms with Gasteiger partial charge in [-0.25, -0.2) is 4.39 Å². The Morgan fingerprint density at radius 1 is 1.16 bits per heavy atom. The number of halogens is 1. The van der Waals surface area contributed by atoms with Gasteiger partial charge in [-0.2, -0.15) is 0 Å². The number of piperidine rings is 1. The van der Waals surface area contributed by atoms with Gasteiger partial charge in [-0.05, 0) is 24.3 Å². The molecule has 2 N–H and O–H groups in total. The third-order valence-corrected chi connectivity index (χ3v) is 5.70. The first-order valence-electron chi connectivity index (χ1n) is 10.3. The van der Waals surface area contributed by atoms with Crippen LogP contribution in [-0.4, -0.2) is 61.9 Å². The summed E-state index contributed by atoms with van der Waals surface area (Å²) in [5.41, 5.74) is 0.642. The van der Waals surface area contributed by atoms with Crippen LogP contribution in [-0.2, 0) is 9.59 Å². The molecular formula is C23H25FN4O4. The normalized spacial score (nSPS) is 17.6. The molecule has 0 saturated carbocycles. The molecule has 0 aliphatic carbocycles. The number of carbonyl (C=O) groups is 2. The van der Waals surface area contributed by atoms with E-state index in [-0.39, 0.29) is 24.1 Å². The number of carbonyl (C=O) groups excluding carboxylic acids is 2. The molecule has 0 bridgehead atoms. The summed E-state index contributed by atoms with van der Waals surface area (Å²) in [6, 6.07) is 11.1. The number of nitrogens with zero attached hydrogens (tertiary/aromatic N) is 2. The third kappa shape index (κ3) is 4.57. The molecule has 8 nitrogen and oxygen atoms in total. The molecule has 0 radical (unpaired) electrons. The van der Waals surface area contributed by atoms with Gasteiger partial charge < -0.3 is 20.1 Å². The second-order valence-corrected chi connectivity index (χ2v) is 7.85. The first kappa shape index (κ1) is 21.8. The number of nitrogens with one attached hydrogen (secondary N) is 2. The van der Waals surface area contributed by atoms with E-state index in [0.29, 0.717) is 48.7 Å². The molecule has 2 aromatic rings. The van der Waals surface area contributed by atoms with Gasteiger partial charge in [0.15, 0.2) is 11.5 Å². The minimum Gasteiger partial charge on any atom is -0.493 e. The van der Waals surface area contributed by atoms with Crippen LogP contribution < -0.4 is 20.1 Å². The van der Waals surface area contributed by atoms with Crippen molar-refractivity contribution < 1.29 is 23.5 Å². The Hall–Kier alpha value is -3.46. The lowest BCUT2D eigenvalue weighted by Crippen LogP contribution is -2.52. The molecule has 2 heterocycles. The van der Waals surface area contributed by atoms with Gasteiger partial charge in [-0.1, -0.05) is 12.1 Å². The zero-order chi connectivity index (χ0) is 22.7. The van der Waals surface area contributed by atoms with Crippen LogP contribution in [0.15, 0.2) is 47.5 Å². The summed E-state index contributed by atoms with van der Waals surface area (Å²) in [7, 11) is 3.09. The minimum absolute atomic E-state index is 0.146. The monoisotopic (exact) mass is 440 g/mol. The highest BCUT2D eigenvalue weighted by atomic mass is 19.1. The Balaban J connectivity index is 1.35. The number of anilines is 1. The maximum absolute atomic E-state index is 13.5. The molecule has 2 amide bonds. The van der Waals surface area contributed by atoms with Gasteiger partial charge in [0.25, 0.3) is 5.91 Å². The van der Waals surface area contributed by atoms with E-state index in [1.807, 2.05) is 4.90 Å². The van der Waals surface area contributed by atoms with E-state index >= 15 is 0 Å². The first-order valence-corrected chi connectivity index (χ1v) is 10.3. The Morgan fingerprint density at radius 3 is 2.59 bits per heavy atom. The fraction of sp³-hybridized carbons (Fsp3) is 0.348. The van der Waals surface area contributed by atoms with Gasteiger partial charge in [0.2, 0.25) is 5.91 Å². The first-order chi connectivity index (χ1) is 15.4. The van der Waals surface area contributed by atoms with Crippen LogP contribution in [0, 0.1) is 5.82 Å². The summed E-state index contributed by atoms with van der Waals surface area (Å²) in [4.78, 5) is 31.6. The molecule has 1 spiro atoms. The van der Waals surface area contributed by atoms with Crippen LogP contribution in [0.3, 0.4) is 0 Å². The van der Waals surface area contributed by atoms with Crippen LogP contribution in [0.4, 0.5) is 10.1 Å². The Labute approximate surface area is 185 Å². The van der Waals surface area contributed by atoms with E-state index in [1.54, 1.807) is 37.4 Å². The van der Waals surface area contributed by atoms with Crippen molar-refractivity contribution in [3.05, 3.63) is 53.8 Å². The highest BCUT2D eigenvalue weighted by Crippen LogP contribution is 2.31. The quantitative estimate of drug-likeness (QED) is 0.719. The van der Waals surface area contributed by atoms with Crippen molar-refractivity contribution in [3.8, 4) is 11.5 Å². The predicted octanol–water partition coefficient (Wildman–Crippen LogP) is 2.19. The highest BCUT2D eigenvalue weighted by Gasteiger charge is 2.42. The van der Waals surface area contributed by atoms with Gasteiger partial charge >= 0.3 is 0 Å². The van der Waals surface area contributed by atoms with Crippen molar-refractivity contribution >= 4 is 23.2 Å². The smallest absolute Gasteiger partial charge is 0.272 e. The van der Waals surface area contributed by atoms with Crippen LogP contribution in [0.5, 0.6) is 11.5 Å². The highest BCUT2D eigenvalue weighted by molar-refractivity contribution is 6.46. The van der Waals surface area contributed by atoms with Crippen molar-refractivity contribution in [2.75, 3.05) is 39.2 Å². The third-order valence-electron chi connectivity index (χ3n) is 5.70. The van der Waals surface area contributed by atoms with E-state index in [9.17, 15) is 14.0 Å². The Kier molecular flexibility index (Phi) is 6.09. The molecule has 1 saturated heterocycles. The number of hydrogen-bond donors (Lipinski definition) is 2. The van der Waals surface area contributed by atoms with Crippen LogP contribution in [0.25, 0.3) is 0 Å². The predicted molar refractivity (Wildman–Crippen MR) is 118 cm³/mol. The standard InChI is InChI=1S/C23H25FN4O4/c1-31-18-7-6-17(13-19(18)32-2)25-20(29)14-28-10-8-23(9-11-28)26-21(22(30)27-23)15-4-3-5-16(24)12-15/h3-7,12-13H,8-11,14H2,1-2H3,(H,25,29)(H,27,30). The van der Waals surface area contributed by atoms with E-state index in [1.165, 1.54) is 19.2 Å². The number of benzene rings is 2. The van der Waals surface area contributed by atoms with Crippen molar-refractivity contribution in [2.45, 2.75) is 18.5 Å². The maximum Gasteiger partial charge on any atom is 0.272 e. The van der Waals surface area contributed by atoms with E-state index in [4.69, 9.17) is 9.47 Å². The molecule has 168 valence electrons. The van der Waals surface area contributed by atoms with Gasteiger partial charge in [-0.3, -0.25) is 19.5 Å². The average Bonchev–Trinajstić information content (AvgIpc) is 3.11. The van der Waals surface area contributed by atoms with Crippen LogP contribution in [0.2, 0.25) is 0 Å². The van der Waals surface area contributed by atoms with Gasteiger partial charge in [0.05, 0.1) is 20.8 Å². The topological polar surface area (TPSA) is 92.3 Å². The number of amides is 2. The lowest BCUT2D eigenvalue weighted by atomic mass is 9.98. The number of methoxy groups -OCH3 is 2. The Morgan fingerprint density at radius 2 is 1.91 bits per heavy atom. The number of likely N-dealkylation sites (tertiary alicyclic amines) is 1. The molecule has 2 aliphatic heterocycles. The number of rotatable bonds is 6. The van der Waals surface area contributed by atoms with Crippen molar-refractivity contribution in [2.24, 2.45) is 4.99 Å². The summed E-state index contributed by atoms with van der Waals surface area (Å²) in [5, 5.41) is 5.82. The second kappa shape index (κ2) is 8.96. The molecule has 32 heavy (non-hydrogen) atoms. The molecule has 0 aromatic heterocycles. The van der Waals surface area contributed by atoms with Crippen LogP contribution >= 0.6 is 0 Å². The molecule has 2 aromatic carbocycles. The number of ether oxygens (including phenoxy) is 2. The van der Waals surface area contributed by atoms with Gasteiger partial charge in [-0.15, -0.1) is 0 Å². The van der Waals surface area contributed by atoms with E-state index in [2.05, 4.69) is 15.6 Å². The zero-order valence-corrected chi connectivity index (χ0v) is 18.0. The summed E-state index contributed by atoms with van der Waals surface area (Å²) in [6.45, 7) is 1.41. The fourth-order valence-corrected chi connectivity index (χ4v) is 4.03. The summed E-state index contributed by atoms with van der Waals surface area (Å²) in [5.74, 6) is 0.273. The second-order valence-electron chi connectivity index (χ2n) is 7.85. The Bertz CT molecular complexity index is 1060. The van der Waals surface area contributed by atoms with Gasteiger partial charge in [0, 0.05) is 43.2 Å². The van der Waals surface area contributed by atoms with E-state index < -0.39 is 11.5 Å². The number of aliphatic imine (C=N–C) groups is 1. The van der Waals surface area contributed by atoms with Crippen molar-refractivity contribution in [1.29, 1.82) is 0 Å². The molecular weight excluding hydrogens is 415 g/mol. The van der Waals surface area contributed by atoms with Gasteiger partial charge in [0.1, 0.15) is 17.2 Å². The lowest BCUT2D eigenvalue weighted by Gasteiger charge is -2.36. The van der Waals surface area contributed by atoms with Crippen LogP contribution in [0.1, 0.15) is 18.4 Å². The molecule has 2 aliphatic rings. The summed E-state index contributed by atoms with van der Waals surface area (Å²) < 4.78 is 24.0. The lowest BCUT2D eigenvalue weighted by molar-refractivity contribution is -0.119. The van der Waals surface area contributed by atoms with Crippen molar-refractivity contribution in [1.82, 2.24) is 10.2 Å². The molecule has 0 atom stereocenters. The molecule has 1 fully saturated rings. The maximum atomic E-state index is 13.5. The molecule has 4 rings (SSSR count). The molecule has 9 heteroatoms. The zero-order valence-electron chi connectivity index (χ0n) is 18.0.